The van der Waals surface area contributed by atoms with Crippen molar-refractivity contribution in [2.45, 2.75) is 0 Å². The number of hydrogen-bond donors (Lipinski definition) is 2. The molecule has 0 aliphatic heterocycles. The van der Waals surface area contributed by atoms with Crippen LogP contribution in [0.1, 0.15) is 37.0 Å². The van der Waals surface area contributed by atoms with Crippen LogP contribution in [0.5, 0.6) is 5.75 Å². The third kappa shape index (κ3) is 5.69. The van der Waals surface area contributed by atoms with Crippen LogP contribution in [0.2, 0.25) is 0 Å². The number of nitrogens with zero attached hydrogens (tertiary/aromatic N) is 2. The van der Waals surface area contributed by atoms with Crippen molar-refractivity contribution in [3.8, 4) is 5.75 Å². The Kier molecular flexibility index (Phi) is 6.96. The Morgan fingerprint density at radius 1 is 0.917 bits per heavy atom. The van der Waals surface area contributed by atoms with Crippen LogP contribution in [0.25, 0.3) is 0 Å². The number of carbonyl (C=O) groups is 3. The van der Waals surface area contributed by atoms with E-state index in [1.165, 1.54) is 61.1 Å². The van der Waals surface area contributed by atoms with Gasteiger partial charge in [-0.15, -0.1) is 0 Å². The van der Waals surface area contributed by atoms with Gasteiger partial charge in [0.05, 0.1) is 23.7 Å². The topological polar surface area (TPSA) is 166 Å². The number of nitro groups is 1. The molecule has 0 fully saturated rings. The molecule has 2 aromatic heterocycles. The molecule has 36 heavy (non-hydrogen) atoms. The largest absolute Gasteiger partial charge is 0.459 e. The fourth-order valence-electron chi connectivity index (χ4n) is 2.92. The highest BCUT2D eigenvalue weighted by molar-refractivity contribution is 6.02. The molecule has 0 saturated carbocycles. The number of furan rings is 2. The zero-order valence-electron chi connectivity index (χ0n) is 18.2. The lowest BCUT2D eigenvalue weighted by Crippen LogP contribution is -2.18. The van der Waals surface area contributed by atoms with Gasteiger partial charge in [0.15, 0.2) is 5.76 Å². The Morgan fingerprint density at radius 3 is 2.25 bits per heavy atom. The number of esters is 1. The summed E-state index contributed by atoms with van der Waals surface area (Å²) in [7, 11) is 0. The fourth-order valence-corrected chi connectivity index (χ4v) is 2.92. The third-order valence-electron chi connectivity index (χ3n) is 4.65. The Balaban J connectivity index is 1.43. The van der Waals surface area contributed by atoms with Gasteiger partial charge in [-0.1, -0.05) is 0 Å². The number of hydrogen-bond acceptors (Lipinski definition) is 9. The summed E-state index contributed by atoms with van der Waals surface area (Å²) in [6.45, 7) is 0. The van der Waals surface area contributed by atoms with Gasteiger partial charge in [-0.25, -0.2) is 10.2 Å². The average Bonchev–Trinajstić information content (AvgIpc) is 3.60. The molecule has 180 valence electrons. The van der Waals surface area contributed by atoms with Crippen LogP contribution in [0, 0.1) is 10.1 Å². The van der Waals surface area contributed by atoms with Crippen molar-refractivity contribution in [3.05, 3.63) is 112 Å². The number of benzene rings is 2. The van der Waals surface area contributed by atoms with E-state index in [1.54, 1.807) is 6.07 Å². The fraction of sp³-hybridized carbons (Fsp3) is 0. The van der Waals surface area contributed by atoms with E-state index in [-0.39, 0.29) is 34.1 Å². The van der Waals surface area contributed by atoms with Crippen LogP contribution in [0.3, 0.4) is 0 Å². The average molecular weight is 488 g/mol. The van der Waals surface area contributed by atoms with E-state index in [0.717, 1.165) is 18.3 Å². The van der Waals surface area contributed by atoms with Crippen LogP contribution in [-0.4, -0.2) is 28.9 Å². The Morgan fingerprint density at radius 2 is 1.61 bits per heavy atom. The highest BCUT2D eigenvalue weighted by atomic mass is 16.6. The van der Waals surface area contributed by atoms with Crippen molar-refractivity contribution in [1.29, 1.82) is 0 Å². The van der Waals surface area contributed by atoms with Crippen LogP contribution in [0.15, 0.2) is 93.2 Å². The number of carbonyl (C=O) groups excluding carboxylic acids is 3. The van der Waals surface area contributed by atoms with Gasteiger partial charge in [-0.05, 0) is 54.6 Å². The molecule has 0 saturated heterocycles. The molecule has 0 aliphatic carbocycles. The molecule has 2 heterocycles. The lowest BCUT2D eigenvalue weighted by atomic mass is 10.2. The van der Waals surface area contributed by atoms with Crippen molar-refractivity contribution < 1.29 is 32.9 Å². The van der Waals surface area contributed by atoms with E-state index in [9.17, 15) is 24.5 Å². The zero-order valence-corrected chi connectivity index (χ0v) is 18.2. The monoisotopic (exact) mass is 488 g/mol. The summed E-state index contributed by atoms with van der Waals surface area (Å²) in [5.74, 6) is -1.80. The highest BCUT2D eigenvalue weighted by Gasteiger charge is 2.17. The quantitative estimate of drug-likeness (QED) is 0.123. The van der Waals surface area contributed by atoms with Crippen molar-refractivity contribution in [3.63, 3.8) is 0 Å². The lowest BCUT2D eigenvalue weighted by Gasteiger charge is -2.06. The van der Waals surface area contributed by atoms with E-state index in [0.29, 0.717) is 5.69 Å². The number of ether oxygens (including phenoxy) is 1. The standard InChI is InChI=1S/C24H16N4O8/c29-22(15-5-7-17(8-6-15)26-23(30)20-3-1-11-34-20)27-25-14-16-13-18(28(32)33)9-10-19(16)36-24(31)21-4-2-12-35-21/h1-14H,(H,26,30)(H,27,29)/b25-14+. The molecule has 12 nitrogen and oxygen atoms in total. The molecule has 2 N–H and O–H groups in total. The number of nitrogens with one attached hydrogen (secondary N) is 2. The minimum absolute atomic E-state index is 0.0309. The second kappa shape index (κ2) is 10.6. The molecule has 0 unspecified atom stereocenters. The first kappa shape index (κ1) is 23.6. The smallest absolute Gasteiger partial charge is 0.379 e. The molecule has 4 aromatic rings. The van der Waals surface area contributed by atoms with Crippen LogP contribution >= 0.6 is 0 Å². The van der Waals surface area contributed by atoms with Crippen molar-refractivity contribution in [1.82, 2.24) is 5.43 Å². The van der Waals surface area contributed by atoms with Gasteiger partial charge in [0.25, 0.3) is 17.5 Å². The maximum absolute atomic E-state index is 12.4. The predicted molar refractivity (Wildman–Crippen MR) is 125 cm³/mol. The molecule has 0 aliphatic rings. The summed E-state index contributed by atoms with van der Waals surface area (Å²) >= 11 is 0. The lowest BCUT2D eigenvalue weighted by molar-refractivity contribution is -0.384. The third-order valence-corrected chi connectivity index (χ3v) is 4.65. The predicted octanol–water partition coefficient (Wildman–Crippen LogP) is 4.02. The number of amides is 2. The number of non-ortho nitro benzene ring substituents is 1. The first-order valence-electron chi connectivity index (χ1n) is 10.2. The van der Waals surface area contributed by atoms with Gasteiger partial charge in [0.2, 0.25) is 5.76 Å². The van der Waals surface area contributed by atoms with E-state index in [4.69, 9.17) is 13.6 Å². The molecule has 4 rings (SSSR count). The first-order chi connectivity index (χ1) is 17.4. The van der Waals surface area contributed by atoms with Crippen molar-refractivity contribution in [2.75, 3.05) is 5.32 Å². The Hall–Kier alpha value is -5.52. The Labute approximate surface area is 202 Å². The van der Waals surface area contributed by atoms with Gasteiger partial charge < -0.3 is 18.9 Å². The maximum atomic E-state index is 12.4. The van der Waals surface area contributed by atoms with E-state index in [1.807, 2.05) is 0 Å². The second-order valence-electron chi connectivity index (χ2n) is 7.05. The van der Waals surface area contributed by atoms with Gasteiger partial charge in [-0.3, -0.25) is 19.7 Å². The Bertz CT molecular complexity index is 1430. The van der Waals surface area contributed by atoms with Gasteiger partial charge in [0.1, 0.15) is 5.75 Å². The zero-order chi connectivity index (χ0) is 25.5. The first-order valence-corrected chi connectivity index (χ1v) is 10.2. The summed E-state index contributed by atoms with van der Waals surface area (Å²) in [6.07, 6.45) is 3.78. The minimum atomic E-state index is -0.813. The van der Waals surface area contributed by atoms with Crippen LogP contribution < -0.4 is 15.5 Å². The molecular formula is C24H16N4O8. The molecule has 12 heteroatoms. The summed E-state index contributed by atoms with van der Waals surface area (Å²) in [6, 6.07) is 15.5. The van der Waals surface area contributed by atoms with Gasteiger partial charge >= 0.3 is 5.97 Å². The molecule has 0 spiro atoms. The number of nitro benzene ring substituents is 1. The molecule has 0 atom stereocenters. The summed E-state index contributed by atoms with van der Waals surface area (Å²) in [5, 5.41) is 17.6. The SMILES string of the molecule is O=C(N/N=C/c1cc([N+](=O)[O-])ccc1OC(=O)c1ccco1)c1ccc(NC(=O)c2ccco2)cc1. The second-order valence-corrected chi connectivity index (χ2v) is 7.05. The van der Waals surface area contributed by atoms with Gasteiger partial charge in [0, 0.05) is 28.9 Å². The van der Waals surface area contributed by atoms with E-state index in [2.05, 4.69) is 15.8 Å². The van der Waals surface area contributed by atoms with E-state index < -0.39 is 22.7 Å². The summed E-state index contributed by atoms with van der Waals surface area (Å²) < 4.78 is 15.2. The molecule has 0 radical (unpaired) electrons. The van der Waals surface area contributed by atoms with E-state index >= 15 is 0 Å². The van der Waals surface area contributed by atoms with Gasteiger partial charge in [-0.2, -0.15) is 5.10 Å². The number of hydrazone groups is 1. The number of anilines is 1. The molecule has 0 bridgehead atoms. The van der Waals surface area contributed by atoms with Crippen LogP contribution in [0.4, 0.5) is 11.4 Å². The molecule has 2 aromatic carbocycles. The van der Waals surface area contributed by atoms with Crippen LogP contribution in [-0.2, 0) is 0 Å². The number of rotatable bonds is 8. The van der Waals surface area contributed by atoms with Crippen molar-refractivity contribution >= 4 is 35.4 Å². The maximum Gasteiger partial charge on any atom is 0.379 e. The summed E-state index contributed by atoms with van der Waals surface area (Å²) in [5.41, 5.74) is 2.75. The molecular weight excluding hydrogens is 472 g/mol. The normalized spacial score (nSPS) is 10.7. The summed E-state index contributed by atoms with van der Waals surface area (Å²) in [4.78, 5) is 47.1. The highest BCUT2D eigenvalue weighted by Crippen LogP contribution is 2.24. The molecule has 2 amide bonds. The minimum Gasteiger partial charge on any atom is -0.459 e. The van der Waals surface area contributed by atoms with Crippen molar-refractivity contribution in [2.24, 2.45) is 5.10 Å².